The highest BCUT2D eigenvalue weighted by Gasteiger charge is 2.29. The van der Waals surface area contributed by atoms with Crippen molar-refractivity contribution in [3.05, 3.63) is 44.6 Å². The molecule has 0 amide bonds. The first kappa shape index (κ1) is 18.0. The van der Waals surface area contributed by atoms with Gasteiger partial charge in [0.15, 0.2) is 0 Å². The number of alkyl halides is 3. The first-order chi connectivity index (χ1) is 11.2. The minimum Gasteiger partial charge on any atom is -0.355 e. The van der Waals surface area contributed by atoms with Crippen molar-refractivity contribution < 1.29 is 18.1 Å². The van der Waals surface area contributed by atoms with E-state index in [0.29, 0.717) is 10.7 Å². The van der Waals surface area contributed by atoms with Gasteiger partial charge in [-0.05, 0) is 18.2 Å². The van der Waals surface area contributed by atoms with E-state index in [0.717, 1.165) is 6.20 Å². The summed E-state index contributed by atoms with van der Waals surface area (Å²) in [5, 5.41) is 15.9. The van der Waals surface area contributed by atoms with E-state index < -0.39 is 29.1 Å². The Morgan fingerprint density at radius 2 is 1.96 bits per heavy atom. The predicted molar refractivity (Wildman–Crippen MR) is 83.0 cm³/mol. The van der Waals surface area contributed by atoms with Crippen molar-refractivity contribution >= 4 is 46.3 Å². The second kappa shape index (κ2) is 7.05. The zero-order valence-electron chi connectivity index (χ0n) is 11.6. The molecule has 7 nitrogen and oxygen atoms in total. The molecule has 1 aromatic heterocycles. The van der Waals surface area contributed by atoms with Crippen LogP contribution in [0, 0.1) is 10.1 Å². The molecule has 1 heterocycles. The Balaban J connectivity index is 2.27. The van der Waals surface area contributed by atoms with Gasteiger partial charge in [0.2, 0.25) is 11.8 Å². The van der Waals surface area contributed by atoms with Crippen LogP contribution in [0.25, 0.3) is 0 Å². The monoisotopic (exact) mass is 381 g/mol. The van der Waals surface area contributed by atoms with Gasteiger partial charge in [-0.25, -0.2) is 4.98 Å². The highest BCUT2D eigenvalue weighted by molar-refractivity contribution is 6.42. The summed E-state index contributed by atoms with van der Waals surface area (Å²) in [6.45, 7) is -1.48. The van der Waals surface area contributed by atoms with Crippen molar-refractivity contribution in [3.63, 3.8) is 0 Å². The Morgan fingerprint density at radius 1 is 1.25 bits per heavy atom. The maximum atomic E-state index is 12.3. The first-order valence-corrected chi connectivity index (χ1v) is 6.95. The van der Waals surface area contributed by atoms with E-state index >= 15 is 0 Å². The van der Waals surface area contributed by atoms with E-state index in [1.165, 1.54) is 18.2 Å². The zero-order chi connectivity index (χ0) is 17.9. The van der Waals surface area contributed by atoms with Crippen LogP contribution in [0.15, 0.2) is 24.4 Å². The van der Waals surface area contributed by atoms with Crippen LogP contribution in [-0.4, -0.2) is 27.6 Å². The number of benzene rings is 1. The lowest BCUT2D eigenvalue weighted by atomic mass is 10.3. The number of rotatable bonds is 5. The fourth-order valence-electron chi connectivity index (χ4n) is 1.59. The van der Waals surface area contributed by atoms with E-state index in [4.69, 9.17) is 23.2 Å². The molecule has 2 aromatic rings. The van der Waals surface area contributed by atoms with Crippen molar-refractivity contribution in [2.24, 2.45) is 0 Å². The first-order valence-electron chi connectivity index (χ1n) is 6.20. The Morgan fingerprint density at radius 3 is 2.54 bits per heavy atom. The summed E-state index contributed by atoms with van der Waals surface area (Å²) in [7, 11) is 0. The quantitative estimate of drug-likeness (QED) is 0.588. The fraction of sp³-hybridized carbons (Fsp3) is 0.167. The van der Waals surface area contributed by atoms with Crippen LogP contribution in [0.5, 0.6) is 0 Å². The maximum absolute atomic E-state index is 12.3. The number of nitro groups is 1. The topological polar surface area (TPSA) is 93.0 Å². The zero-order valence-corrected chi connectivity index (χ0v) is 13.1. The molecule has 0 fully saturated rings. The molecule has 0 bridgehead atoms. The summed E-state index contributed by atoms with van der Waals surface area (Å²) in [5.74, 6) is -0.710. The maximum Gasteiger partial charge on any atom is 0.405 e. The molecule has 2 N–H and O–H groups in total. The number of nitrogens with one attached hydrogen (secondary N) is 2. The molecule has 0 aliphatic rings. The second-order valence-electron chi connectivity index (χ2n) is 4.41. The SMILES string of the molecule is O=[N+]([O-])c1cnc(Nc2ccc(Cl)c(Cl)c2)nc1NCC(F)(F)F. The van der Waals surface area contributed by atoms with Crippen molar-refractivity contribution in [2.75, 3.05) is 17.2 Å². The third-order valence-corrected chi connectivity index (χ3v) is 3.34. The average molecular weight is 382 g/mol. The number of nitrogens with zero attached hydrogens (tertiary/aromatic N) is 3. The number of halogens is 5. The van der Waals surface area contributed by atoms with Crippen LogP contribution in [0.3, 0.4) is 0 Å². The number of hydrogen-bond acceptors (Lipinski definition) is 6. The molecular weight excluding hydrogens is 374 g/mol. The van der Waals surface area contributed by atoms with Gasteiger partial charge in [-0.2, -0.15) is 18.2 Å². The molecule has 0 aliphatic heterocycles. The number of aromatic nitrogens is 2. The summed E-state index contributed by atoms with van der Waals surface area (Å²) < 4.78 is 36.9. The van der Waals surface area contributed by atoms with Gasteiger partial charge in [0.05, 0.1) is 15.0 Å². The smallest absolute Gasteiger partial charge is 0.355 e. The summed E-state index contributed by atoms with van der Waals surface area (Å²) in [5.41, 5.74) is -0.279. The number of anilines is 3. The van der Waals surface area contributed by atoms with Gasteiger partial charge in [-0.15, -0.1) is 0 Å². The van der Waals surface area contributed by atoms with Crippen LogP contribution in [0.1, 0.15) is 0 Å². The number of hydrogen-bond donors (Lipinski definition) is 2. The van der Waals surface area contributed by atoms with Crippen LogP contribution < -0.4 is 10.6 Å². The third-order valence-electron chi connectivity index (χ3n) is 2.60. The lowest BCUT2D eigenvalue weighted by molar-refractivity contribution is -0.384. The minimum absolute atomic E-state index is 0.149. The highest BCUT2D eigenvalue weighted by Crippen LogP contribution is 2.28. The molecule has 0 saturated carbocycles. The van der Waals surface area contributed by atoms with Gasteiger partial charge in [0, 0.05) is 5.69 Å². The van der Waals surface area contributed by atoms with E-state index in [9.17, 15) is 23.3 Å². The summed E-state index contributed by atoms with van der Waals surface area (Å²) in [6.07, 6.45) is -3.76. The highest BCUT2D eigenvalue weighted by atomic mass is 35.5. The molecule has 0 saturated heterocycles. The van der Waals surface area contributed by atoms with Gasteiger partial charge in [0.1, 0.15) is 12.7 Å². The Labute approximate surface area is 143 Å². The Kier molecular flexibility index (Phi) is 5.30. The van der Waals surface area contributed by atoms with Crippen LogP contribution in [-0.2, 0) is 0 Å². The van der Waals surface area contributed by atoms with Crippen molar-refractivity contribution in [1.82, 2.24) is 9.97 Å². The van der Waals surface area contributed by atoms with E-state index in [2.05, 4.69) is 15.3 Å². The van der Waals surface area contributed by atoms with Gasteiger partial charge >= 0.3 is 11.9 Å². The molecule has 0 radical (unpaired) electrons. The molecule has 1 aromatic carbocycles. The molecular formula is C12H8Cl2F3N5O2. The van der Waals surface area contributed by atoms with Gasteiger partial charge in [0.25, 0.3) is 0 Å². The fourth-order valence-corrected chi connectivity index (χ4v) is 1.88. The lowest BCUT2D eigenvalue weighted by Crippen LogP contribution is -2.22. The lowest BCUT2D eigenvalue weighted by Gasteiger charge is -2.11. The molecule has 24 heavy (non-hydrogen) atoms. The van der Waals surface area contributed by atoms with Crippen molar-refractivity contribution in [3.8, 4) is 0 Å². The molecule has 2 rings (SSSR count). The van der Waals surface area contributed by atoms with Crippen LogP contribution in [0.2, 0.25) is 10.0 Å². The largest absolute Gasteiger partial charge is 0.405 e. The molecule has 0 spiro atoms. The Hall–Kier alpha value is -2.33. The predicted octanol–water partition coefficient (Wildman–Crippen LogP) is 4.41. The molecule has 128 valence electrons. The second-order valence-corrected chi connectivity index (χ2v) is 5.22. The molecule has 0 aliphatic carbocycles. The van der Waals surface area contributed by atoms with E-state index in [1.807, 2.05) is 5.32 Å². The average Bonchev–Trinajstić information content (AvgIpc) is 2.48. The van der Waals surface area contributed by atoms with Crippen LogP contribution in [0.4, 0.5) is 36.3 Å². The van der Waals surface area contributed by atoms with E-state index in [-0.39, 0.29) is 11.0 Å². The summed E-state index contributed by atoms with van der Waals surface area (Å²) >= 11 is 11.6. The molecule has 0 unspecified atom stereocenters. The normalized spacial score (nSPS) is 11.2. The standard InChI is InChI=1S/C12H8Cl2F3N5O2/c13-7-2-1-6(3-8(7)14)20-11-18-4-9(22(23)24)10(21-11)19-5-12(15,16)17/h1-4H,5H2,(H2,18,19,20,21). The minimum atomic E-state index is -4.56. The molecule has 12 heteroatoms. The van der Waals surface area contributed by atoms with Gasteiger partial charge < -0.3 is 10.6 Å². The van der Waals surface area contributed by atoms with E-state index in [1.54, 1.807) is 0 Å². The van der Waals surface area contributed by atoms with Crippen molar-refractivity contribution in [1.29, 1.82) is 0 Å². The third kappa shape index (κ3) is 4.83. The Bertz CT molecular complexity index is 773. The van der Waals surface area contributed by atoms with Crippen molar-refractivity contribution in [2.45, 2.75) is 6.18 Å². The van der Waals surface area contributed by atoms with Gasteiger partial charge in [-0.3, -0.25) is 10.1 Å². The van der Waals surface area contributed by atoms with Gasteiger partial charge in [-0.1, -0.05) is 23.2 Å². The summed E-state index contributed by atoms with van der Waals surface area (Å²) in [6, 6.07) is 4.46. The van der Waals surface area contributed by atoms with Crippen LogP contribution >= 0.6 is 23.2 Å². The summed E-state index contributed by atoms with van der Waals surface area (Å²) in [4.78, 5) is 17.3. The molecule has 0 atom stereocenters.